The molecule has 2 rings (SSSR count). The summed E-state index contributed by atoms with van der Waals surface area (Å²) in [6, 6.07) is 5.38. The zero-order chi connectivity index (χ0) is 11.4. The van der Waals surface area contributed by atoms with E-state index in [2.05, 4.69) is 5.32 Å². The zero-order valence-electron chi connectivity index (χ0n) is 9.70. The van der Waals surface area contributed by atoms with Crippen LogP contribution in [0.25, 0.3) is 0 Å². The topological polar surface area (TPSA) is 41.5 Å². The highest BCUT2D eigenvalue weighted by molar-refractivity contribution is 5.40. The van der Waals surface area contributed by atoms with Gasteiger partial charge in [-0.25, -0.2) is 0 Å². The second-order valence-corrected chi connectivity index (χ2v) is 4.41. The number of nitrogens with one attached hydrogen (secondary N) is 1. The molecule has 1 aliphatic rings. The fourth-order valence-corrected chi connectivity index (χ4v) is 2.31. The van der Waals surface area contributed by atoms with Crippen molar-refractivity contribution in [1.29, 1.82) is 0 Å². The summed E-state index contributed by atoms with van der Waals surface area (Å²) >= 11 is 0. The molecule has 2 N–H and O–H groups in total. The molecule has 0 saturated carbocycles. The van der Waals surface area contributed by atoms with Gasteiger partial charge >= 0.3 is 0 Å². The lowest BCUT2D eigenvalue weighted by Crippen LogP contribution is -2.30. The minimum Gasteiger partial charge on any atom is -0.508 e. The Bertz CT molecular complexity index is 346. The summed E-state index contributed by atoms with van der Waals surface area (Å²) in [5.74, 6) is 1.75. The van der Waals surface area contributed by atoms with Gasteiger partial charge in [0, 0.05) is 6.07 Å². The van der Waals surface area contributed by atoms with Crippen molar-refractivity contribution in [2.45, 2.75) is 19.3 Å². The van der Waals surface area contributed by atoms with E-state index in [-0.39, 0.29) is 5.75 Å². The van der Waals surface area contributed by atoms with Gasteiger partial charge in [-0.3, -0.25) is 0 Å². The SMILES string of the molecule is COc1cc(O)ccc1CC1CCCNC1. The molecule has 0 aliphatic carbocycles. The number of rotatable bonds is 3. The van der Waals surface area contributed by atoms with E-state index in [9.17, 15) is 5.11 Å². The smallest absolute Gasteiger partial charge is 0.125 e. The van der Waals surface area contributed by atoms with Crippen LogP contribution in [0.5, 0.6) is 11.5 Å². The second kappa shape index (κ2) is 5.21. The average Bonchev–Trinajstić information content (AvgIpc) is 2.33. The van der Waals surface area contributed by atoms with Gasteiger partial charge in [0.1, 0.15) is 11.5 Å². The molecule has 1 aliphatic heterocycles. The monoisotopic (exact) mass is 221 g/mol. The Balaban J connectivity index is 2.07. The number of ether oxygens (including phenoxy) is 1. The summed E-state index contributed by atoms with van der Waals surface area (Å²) in [4.78, 5) is 0. The number of aromatic hydroxyl groups is 1. The van der Waals surface area contributed by atoms with Gasteiger partial charge in [-0.2, -0.15) is 0 Å². The van der Waals surface area contributed by atoms with Crippen LogP contribution in [0.1, 0.15) is 18.4 Å². The van der Waals surface area contributed by atoms with Gasteiger partial charge in [-0.05, 0) is 49.9 Å². The molecule has 0 aromatic heterocycles. The highest BCUT2D eigenvalue weighted by Gasteiger charge is 2.15. The number of hydrogen-bond acceptors (Lipinski definition) is 3. The second-order valence-electron chi connectivity index (χ2n) is 4.41. The first-order valence-corrected chi connectivity index (χ1v) is 5.86. The molecule has 16 heavy (non-hydrogen) atoms. The fraction of sp³-hybridized carbons (Fsp3) is 0.538. The Labute approximate surface area is 96.4 Å². The first-order valence-electron chi connectivity index (χ1n) is 5.86. The van der Waals surface area contributed by atoms with Crippen LogP contribution < -0.4 is 10.1 Å². The van der Waals surface area contributed by atoms with Crippen LogP contribution in [0.3, 0.4) is 0 Å². The van der Waals surface area contributed by atoms with Gasteiger partial charge in [-0.15, -0.1) is 0 Å². The van der Waals surface area contributed by atoms with Crippen LogP contribution in [0.4, 0.5) is 0 Å². The molecule has 1 unspecified atom stereocenters. The van der Waals surface area contributed by atoms with E-state index in [1.165, 1.54) is 18.4 Å². The van der Waals surface area contributed by atoms with Crippen molar-refractivity contribution in [2.24, 2.45) is 5.92 Å². The molecule has 3 heteroatoms. The molecule has 0 spiro atoms. The molecule has 1 atom stereocenters. The average molecular weight is 221 g/mol. The number of phenolic OH excluding ortho intramolecular Hbond substituents is 1. The Morgan fingerprint density at radius 1 is 1.50 bits per heavy atom. The standard InChI is InChI=1S/C13H19NO2/c1-16-13-8-12(15)5-4-11(13)7-10-3-2-6-14-9-10/h4-5,8,10,14-15H,2-3,6-7,9H2,1H3. The molecule has 1 saturated heterocycles. The highest BCUT2D eigenvalue weighted by Crippen LogP contribution is 2.27. The Kier molecular flexibility index (Phi) is 3.67. The van der Waals surface area contributed by atoms with E-state index < -0.39 is 0 Å². The van der Waals surface area contributed by atoms with E-state index >= 15 is 0 Å². The summed E-state index contributed by atoms with van der Waals surface area (Å²) in [6.45, 7) is 2.23. The lowest BCUT2D eigenvalue weighted by atomic mass is 9.92. The van der Waals surface area contributed by atoms with Crippen molar-refractivity contribution in [3.05, 3.63) is 23.8 Å². The minimum absolute atomic E-state index is 0.266. The summed E-state index contributed by atoms with van der Waals surface area (Å²) in [6.07, 6.45) is 3.55. The zero-order valence-corrected chi connectivity index (χ0v) is 9.70. The van der Waals surface area contributed by atoms with E-state index in [1.54, 1.807) is 19.2 Å². The molecule has 3 nitrogen and oxygen atoms in total. The maximum absolute atomic E-state index is 9.38. The van der Waals surface area contributed by atoms with Crippen LogP contribution in [-0.2, 0) is 6.42 Å². The minimum atomic E-state index is 0.266. The van der Waals surface area contributed by atoms with Crippen LogP contribution in [0, 0.1) is 5.92 Å². The van der Waals surface area contributed by atoms with Crippen molar-refractivity contribution >= 4 is 0 Å². The molecule has 1 heterocycles. The largest absolute Gasteiger partial charge is 0.508 e. The lowest BCUT2D eigenvalue weighted by molar-refractivity contribution is 0.362. The Hall–Kier alpha value is -1.22. The third-order valence-corrected chi connectivity index (χ3v) is 3.18. The normalized spacial score (nSPS) is 20.7. The molecule has 1 aromatic carbocycles. The molecule has 1 aromatic rings. The van der Waals surface area contributed by atoms with Crippen molar-refractivity contribution in [3.63, 3.8) is 0 Å². The predicted molar refractivity (Wildman–Crippen MR) is 64.0 cm³/mol. The van der Waals surface area contributed by atoms with Gasteiger partial charge in [0.2, 0.25) is 0 Å². The van der Waals surface area contributed by atoms with Crippen LogP contribution in [0.15, 0.2) is 18.2 Å². The van der Waals surface area contributed by atoms with E-state index in [4.69, 9.17) is 4.74 Å². The third kappa shape index (κ3) is 2.67. The van der Waals surface area contributed by atoms with Crippen LogP contribution in [-0.4, -0.2) is 25.3 Å². The van der Waals surface area contributed by atoms with Crippen molar-refractivity contribution in [3.8, 4) is 11.5 Å². The number of hydrogen-bond donors (Lipinski definition) is 2. The molecule has 1 fully saturated rings. The molecule has 88 valence electrons. The van der Waals surface area contributed by atoms with E-state index in [1.807, 2.05) is 6.07 Å². The van der Waals surface area contributed by atoms with Gasteiger partial charge in [0.05, 0.1) is 7.11 Å². The van der Waals surface area contributed by atoms with Crippen molar-refractivity contribution in [2.75, 3.05) is 20.2 Å². The quantitative estimate of drug-likeness (QED) is 0.819. The maximum atomic E-state index is 9.38. The summed E-state index contributed by atoms with van der Waals surface area (Å²) < 4.78 is 5.29. The molecule has 0 radical (unpaired) electrons. The summed E-state index contributed by atoms with van der Waals surface area (Å²) in [7, 11) is 1.65. The van der Waals surface area contributed by atoms with Crippen LogP contribution in [0.2, 0.25) is 0 Å². The molecule has 0 bridgehead atoms. The number of benzene rings is 1. The molecule has 0 amide bonds. The van der Waals surface area contributed by atoms with E-state index in [0.29, 0.717) is 5.92 Å². The van der Waals surface area contributed by atoms with Gasteiger partial charge < -0.3 is 15.2 Å². The summed E-state index contributed by atoms with van der Waals surface area (Å²) in [5.41, 5.74) is 1.19. The molecular formula is C13H19NO2. The van der Waals surface area contributed by atoms with Gasteiger partial charge in [0.25, 0.3) is 0 Å². The predicted octanol–water partition coefficient (Wildman–Crippen LogP) is 1.94. The van der Waals surface area contributed by atoms with Gasteiger partial charge in [0.15, 0.2) is 0 Å². The Morgan fingerprint density at radius 3 is 3.06 bits per heavy atom. The van der Waals surface area contributed by atoms with Crippen molar-refractivity contribution < 1.29 is 9.84 Å². The first kappa shape index (κ1) is 11.3. The highest BCUT2D eigenvalue weighted by atomic mass is 16.5. The van der Waals surface area contributed by atoms with Gasteiger partial charge in [-0.1, -0.05) is 6.07 Å². The first-order chi connectivity index (χ1) is 7.79. The summed E-state index contributed by atoms with van der Waals surface area (Å²) in [5, 5.41) is 12.8. The van der Waals surface area contributed by atoms with Crippen molar-refractivity contribution in [1.82, 2.24) is 5.32 Å². The number of piperidine rings is 1. The fourth-order valence-electron chi connectivity index (χ4n) is 2.31. The Morgan fingerprint density at radius 2 is 2.38 bits per heavy atom. The van der Waals surface area contributed by atoms with Crippen LogP contribution >= 0.6 is 0 Å². The maximum Gasteiger partial charge on any atom is 0.125 e. The lowest BCUT2D eigenvalue weighted by Gasteiger charge is -2.23. The molecular weight excluding hydrogens is 202 g/mol. The number of phenols is 1. The van der Waals surface area contributed by atoms with E-state index in [0.717, 1.165) is 25.3 Å². The number of methoxy groups -OCH3 is 1. The third-order valence-electron chi connectivity index (χ3n) is 3.18.